The van der Waals surface area contributed by atoms with Gasteiger partial charge in [0.05, 0.1) is 13.2 Å². The molecule has 0 aliphatic heterocycles. The summed E-state index contributed by atoms with van der Waals surface area (Å²) in [5.74, 6) is -0.816. The Kier molecular flexibility index (Phi) is 53.2. The van der Waals surface area contributed by atoms with Gasteiger partial charge in [-0.2, -0.15) is 0 Å². The van der Waals surface area contributed by atoms with Crippen LogP contribution in [0.25, 0.3) is 0 Å². The maximum atomic E-state index is 12.7. The number of ether oxygens (including phenoxy) is 2. The van der Waals surface area contributed by atoms with E-state index in [9.17, 15) is 19.0 Å². The van der Waals surface area contributed by atoms with Crippen LogP contribution in [-0.2, 0) is 32.7 Å². The molecule has 0 amide bonds. The molecule has 2 atom stereocenters. The first-order valence-corrected chi connectivity index (χ1v) is 30.3. The van der Waals surface area contributed by atoms with Crippen molar-refractivity contribution in [3.63, 3.8) is 0 Å². The summed E-state index contributed by atoms with van der Waals surface area (Å²) in [4.78, 5) is 35.1. The van der Waals surface area contributed by atoms with Gasteiger partial charge in [-0.05, 0) is 57.8 Å². The van der Waals surface area contributed by atoms with Crippen LogP contribution in [0.1, 0.15) is 271 Å². The van der Waals surface area contributed by atoms with Crippen LogP contribution in [-0.4, -0.2) is 49.3 Å². The van der Waals surface area contributed by atoms with Crippen LogP contribution in [0.4, 0.5) is 0 Å². The smallest absolute Gasteiger partial charge is 0.462 e. The Labute approximate surface area is 425 Å². The van der Waals surface area contributed by atoms with E-state index in [1.54, 1.807) is 0 Å². The average Bonchev–Trinajstić information content (AvgIpc) is 3.34. The zero-order valence-corrected chi connectivity index (χ0v) is 45.7. The fraction of sp³-hybridized carbons (Fsp3) is 0.797. The predicted molar refractivity (Wildman–Crippen MR) is 293 cm³/mol. The van der Waals surface area contributed by atoms with Gasteiger partial charge in [0.1, 0.15) is 6.61 Å². The summed E-state index contributed by atoms with van der Waals surface area (Å²) in [6.07, 6.45) is 68.5. The molecule has 0 fully saturated rings. The van der Waals surface area contributed by atoms with E-state index in [0.717, 1.165) is 70.6 Å². The van der Waals surface area contributed by atoms with Crippen molar-refractivity contribution in [1.82, 2.24) is 0 Å². The Morgan fingerprint density at radius 1 is 0.449 bits per heavy atom. The predicted octanol–water partition coefficient (Wildman–Crippen LogP) is 18.0. The monoisotopic (exact) mass is 990 g/mol. The molecular formula is C59H108NO8P. The number of allylic oxidation sites excluding steroid dienone is 10. The van der Waals surface area contributed by atoms with Crippen LogP contribution < -0.4 is 5.73 Å². The second-order valence-electron chi connectivity index (χ2n) is 19.1. The minimum Gasteiger partial charge on any atom is -0.462 e. The quantitative estimate of drug-likeness (QED) is 0.0264. The van der Waals surface area contributed by atoms with Gasteiger partial charge < -0.3 is 20.1 Å². The zero-order chi connectivity index (χ0) is 50.2. The minimum atomic E-state index is -4.38. The lowest BCUT2D eigenvalue weighted by Crippen LogP contribution is -2.29. The summed E-state index contributed by atoms with van der Waals surface area (Å²) < 4.78 is 33.0. The summed E-state index contributed by atoms with van der Waals surface area (Å²) in [7, 11) is -4.38. The van der Waals surface area contributed by atoms with Crippen LogP contribution >= 0.6 is 7.82 Å². The topological polar surface area (TPSA) is 134 Å². The van der Waals surface area contributed by atoms with Gasteiger partial charge in [0.15, 0.2) is 6.10 Å². The number of hydrogen-bond acceptors (Lipinski definition) is 8. The van der Waals surface area contributed by atoms with E-state index in [-0.39, 0.29) is 38.6 Å². The van der Waals surface area contributed by atoms with E-state index in [1.807, 2.05) is 0 Å². The lowest BCUT2D eigenvalue weighted by atomic mass is 10.0. The number of nitrogens with two attached hydrogens (primary N) is 1. The minimum absolute atomic E-state index is 0.0539. The van der Waals surface area contributed by atoms with Gasteiger partial charge in [-0.1, -0.05) is 261 Å². The Bertz CT molecular complexity index is 1310. The molecule has 0 aromatic heterocycles. The molecule has 0 aliphatic rings. The third kappa shape index (κ3) is 54.9. The van der Waals surface area contributed by atoms with Crippen molar-refractivity contribution in [3.05, 3.63) is 60.8 Å². The van der Waals surface area contributed by atoms with Crippen LogP contribution in [0.2, 0.25) is 0 Å². The third-order valence-electron chi connectivity index (χ3n) is 12.4. The second kappa shape index (κ2) is 55.0. The number of carbonyl (C=O) groups excluding carboxylic acids is 2. The van der Waals surface area contributed by atoms with E-state index >= 15 is 0 Å². The number of unbranched alkanes of at least 4 members (excludes halogenated alkanes) is 31. The van der Waals surface area contributed by atoms with Gasteiger partial charge in [0, 0.05) is 19.4 Å². The molecule has 3 N–H and O–H groups in total. The van der Waals surface area contributed by atoms with Crippen molar-refractivity contribution in [1.29, 1.82) is 0 Å². The highest BCUT2D eigenvalue weighted by atomic mass is 31.2. The SMILES string of the molecule is CC/C=C\C/C=C\C/C=C\C/C=C\C/C=C\CCCCCCCCCCCCCCCCCC(=O)OC(COC(=O)CCCCCCCCCCCCCCCCCCC)COP(=O)(O)OCCN. The van der Waals surface area contributed by atoms with E-state index < -0.39 is 26.5 Å². The summed E-state index contributed by atoms with van der Waals surface area (Å²) >= 11 is 0. The Morgan fingerprint density at radius 2 is 0.797 bits per heavy atom. The molecule has 0 spiro atoms. The Hall–Kier alpha value is -2.29. The zero-order valence-electron chi connectivity index (χ0n) is 44.8. The largest absolute Gasteiger partial charge is 0.472 e. The fourth-order valence-corrected chi connectivity index (χ4v) is 8.96. The van der Waals surface area contributed by atoms with E-state index in [4.69, 9.17) is 24.3 Å². The molecule has 9 nitrogen and oxygen atoms in total. The van der Waals surface area contributed by atoms with Crippen LogP contribution in [0.15, 0.2) is 60.8 Å². The first-order valence-electron chi connectivity index (χ1n) is 28.8. The first-order chi connectivity index (χ1) is 33.8. The molecule has 0 radical (unpaired) electrons. The van der Waals surface area contributed by atoms with Crippen molar-refractivity contribution in [2.45, 2.75) is 277 Å². The van der Waals surface area contributed by atoms with Gasteiger partial charge in [0.2, 0.25) is 0 Å². The van der Waals surface area contributed by atoms with Gasteiger partial charge >= 0.3 is 19.8 Å². The Morgan fingerprint density at radius 3 is 1.19 bits per heavy atom. The number of phosphoric ester groups is 1. The molecule has 0 aromatic carbocycles. The van der Waals surface area contributed by atoms with Crippen molar-refractivity contribution in [3.8, 4) is 0 Å². The fourth-order valence-electron chi connectivity index (χ4n) is 8.19. The number of phosphoric acid groups is 1. The maximum Gasteiger partial charge on any atom is 0.472 e. The summed E-state index contributed by atoms with van der Waals surface area (Å²) in [6.45, 7) is 3.67. The van der Waals surface area contributed by atoms with Crippen LogP contribution in [0.5, 0.6) is 0 Å². The van der Waals surface area contributed by atoms with Crippen molar-refractivity contribution >= 4 is 19.8 Å². The summed E-state index contributed by atoms with van der Waals surface area (Å²) in [5, 5.41) is 0. The molecule has 0 saturated carbocycles. The number of carbonyl (C=O) groups is 2. The molecular weight excluding hydrogens is 882 g/mol. The third-order valence-corrected chi connectivity index (χ3v) is 13.4. The molecule has 10 heteroatoms. The van der Waals surface area contributed by atoms with Gasteiger partial charge in [-0.3, -0.25) is 18.6 Å². The van der Waals surface area contributed by atoms with Crippen molar-refractivity contribution in [2.24, 2.45) is 5.73 Å². The molecule has 69 heavy (non-hydrogen) atoms. The molecule has 0 bridgehead atoms. The molecule has 0 aromatic rings. The van der Waals surface area contributed by atoms with E-state index in [1.165, 1.54) is 167 Å². The van der Waals surface area contributed by atoms with Gasteiger partial charge in [0.25, 0.3) is 0 Å². The lowest BCUT2D eigenvalue weighted by Gasteiger charge is -2.19. The van der Waals surface area contributed by atoms with Gasteiger partial charge in [-0.25, -0.2) is 4.57 Å². The standard InChI is InChI=1S/C59H108NO8P/c1-3-5-7-9-11-13-15-17-19-21-22-23-24-25-26-27-28-29-30-31-32-33-34-36-38-40-42-44-46-48-50-52-59(62)68-57(56-67-69(63,64)66-54-53-60)55-65-58(61)51-49-47-45-43-41-39-37-35-20-18-16-14-12-10-8-6-4-2/h5,7,11,13,17,19,22-23,25-26,57H,3-4,6,8-10,12,14-16,18,20-21,24,27-56,60H2,1-2H3,(H,63,64)/b7-5-,13-11-,19-17-,23-22-,26-25-. The lowest BCUT2D eigenvalue weighted by molar-refractivity contribution is -0.161. The molecule has 0 rings (SSSR count). The first kappa shape index (κ1) is 66.7. The average molecular weight is 990 g/mol. The molecule has 402 valence electrons. The molecule has 2 unspecified atom stereocenters. The van der Waals surface area contributed by atoms with E-state index in [2.05, 4.69) is 74.6 Å². The normalized spacial score (nSPS) is 13.5. The number of esters is 2. The van der Waals surface area contributed by atoms with Crippen molar-refractivity contribution < 1.29 is 37.6 Å². The number of hydrogen-bond donors (Lipinski definition) is 2. The summed E-state index contributed by atoms with van der Waals surface area (Å²) in [6, 6.07) is 0. The molecule has 0 heterocycles. The van der Waals surface area contributed by atoms with E-state index in [0.29, 0.717) is 6.42 Å². The highest BCUT2D eigenvalue weighted by molar-refractivity contribution is 7.47. The molecule has 0 aliphatic carbocycles. The molecule has 0 saturated heterocycles. The summed E-state index contributed by atoms with van der Waals surface area (Å²) in [5.41, 5.74) is 5.38. The van der Waals surface area contributed by atoms with Crippen LogP contribution in [0.3, 0.4) is 0 Å². The highest BCUT2D eigenvalue weighted by Crippen LogP contribution is 2.43. The second-order valence-corrected chi connectivity index (χ2v) is 20.6. The van der Waals surface area contributed by atoms with Crippen LogP contribution in [0, 0.1) is 0 Å². The number of rotatable bonds is 54. The maximum absolute atomic E-state index is 12.7. The van der Waals surface area contributed by atoms with Crippen molar-refractivity contribution in [2.75, 3.05) is 26.4 Å². The Balaban J connectivity index is 3.92. The van der Waals surface area contributed by atoms with Gasteiger partial charge in [-0.15, -0.1) is 0 Å². The highest BCUT2D eigenvalue weighted by Gasteiger charge is 2.26.